The number of nitrogens with zero attached hydrogens (tertiary/aromatic N) is 1. The van der Waals surface area contributed by atoms with Crippen LogP contribution in [0.1, 0.15) is 44.2 Å². The van der Waals surface area contributed by atoms with E-state index >= 15 is 0 Å². The average molecular weight is 387 g/mol. The van der Waals surface area contributed by atoms with Crippen LogP contribution >= 0.6 is 0 Å². The van der Waals surface area contributed by atoms with Crippen LogP contribution in [0.15, 0.2) is 24.3 Å². The second-order valence-corrected chi connectivity index (χ2v) is 7.66. The summed E-state index contributed by atoms with van der Waals surface area (Å²) < 4.78 is 48.5. The lowest BCUT2D eigenvalue weighted by Crippen LogP contribution is -2.47. The van der Waals surface area contributed by atoms with Crippen molar-refractivity contribution in [2.75, 3.05) is 20.2 Å². The second-order valence-electron chi connectivity index (χ2n) is 7.66. The Hall–Kier alpha value is -2.25. The van der Waals surface area contributed by atoms with Crippen LogP contribution in [0.4, 0.5) is 18.0 Å². The third-order valence-corrected chi connectivity index (χ3v) is 4.35. The first kappa shape index (κ1) is 21.1. The van der Waals surface area contributed by atoms with Gasteiger partial charge in [0.2, 0.25) is 0 Å². The van der Waals surface area contributed by atoms with E-state index in [-0.39, 0.29) is 19.0 Å². The number of esters is 1. The monoisotopic (exact) mass is 387 g/mol. The van der Waals surface area contributed by atoms with E-state index in [4.69, 9.17) is 9.47 Å². The van der Waals surface area contributed by atoms with Crippen molar-refractivity contribution in [3.63, 3.8) is 0 Å². The fourth-order valence-corrected chi connectivity index (χ4v) is 3.10. The summed E-state index contributed by atoms with van der Waals surface area (Å²) in [5.41, 5.74) is -0.806. The van der Waals surface area contributed by atoms with Gasteiger partial charge in [-0.05, 0) is 44.9 Å². The quantitative estimate of drug-likeness (QED) is 0.713. The lowest BCUT2D eigenvalue weighted by molar-refractivity contribution is -0.147. The van der Waals surface area contributed by atoms with E-state index in [2.05, 4.69) is 0 Å². The molecule has 0 bridgehead atoms. The predicted molar refractivity (Wildman–Crippen MR) is 92.1 cm³/mol. The smallest absolute Gasteiger partial charge is 0.416 e. The van der Waals surface area contributed by atoms with E-state index in [1.165, 1.54) is 24.1 Å². The molecule has 1 fully saturated rings. The molecule has 1 aromatic rings. The molecule has 0 aromatic heterocycles. The molecular formula is C19H24F3NO4. The molecule has 0 N–H and O–H groups in total. The number of alkyl halides is 3. The van der Waals surface area contributed by atoms with Crippen LogP contribution in [0.2, 0.25) is 0 Å². The molecule has 1 aromatic carbocycles. The Labute approximate surface area is 156 Å². The van der Waals surface area contributed by atoms with Gasteiger partial charge in [0.05, 0.1) is 18.6 Å². The van der Waals surface area contributed by atoms with E-state index in [9.17, 15) is 22.8 Å². The molecule has 1 aliphatic rings. The van der Waals surface area contributed by atoms with Crippen LogP contribution in [0.3, 0.4) is 0 Å². The number of likely N-dealkylation sites (tertiary alicyclic amines) is 1. The number of halogens is 3. The molecule has 0 aliphatic carbocycles. The van der Waals surface area contributed by atoms with E-state index in [0.29, 0.717) is 12.0 Å². The lowest BCUT2D eigenvalue weighted by atomic mass is 9.84. The Morgan fingerprint density at radius 3 is 2.15 bits per heavy atom. The fraction of sp³-hybridized carbons (Fsp3) is 0.579. The third-order valence-electron chi connectivity index (χ3n) is 4.35. The van der Waals surface area contributed by atoms with Crippen LogP contribution in [-0.4, -0.2) is 42.8 Å². The van der Waals surface area contributed by atoms with Crippen LogP contribution < -0.4 is 0 Å². The highest BCUT2D eigenvalue weighted by Gasteiger charge is 2.37. The molecule has 8 heteroatoms. The van der Waals surface area contributed by atoms with Crippen molar-refractivity contribution in [1.29, 1.82) is 0 Å². The maximum atomic E-state index is 12.8. The van der Waals surface area contributed by atoms with Gasteiger partial charge >= 0.3 is 18.2 Å². The zero-order valence-corrected chi connectivity index (χ0v) is 15.8. The molecule has 5 nitrogen and oxygen atoms in total. The first-order chi connectivity index (χ1) is 12.4. The van der Waals surface area contributed by atoms with E-state index in [1.807, 2.05) is 0 Å². The van der Waals surface area contributed by atoms with Gasteiger partial charge < -0.3 is 14.4 Å². The summed E-state index contributed by atoms with van der Waals surface area (Å²) in [6.45, 7) is 5.62. The van der Waals surface area contributed by atoms with Crippen molar-refractivity contribution in [2.45, 2.75) is 44.9 Å². The van der Waals surface area contributed by atoms with Gasteiger partial charge in [-0.25, -0.2) is 4.79 Å². The van der Waals surface area contributed by atoms with Gasteiger partial charge in [-0.15, -0.1) is 0 Å². The normalized spacial score (nSPS) is 20.9. The minimum absolute atomic E-state index is 0.152. The molecule has 150 valence electrons. The number of carbonyl (C=O) groups is 2. The topological polar surface area (TPSA) is 55.8 Å². The number of ether oxygens (including phenoxy) is 2. The van der Waals surface area contributed by atoms with Crippen LogP contribution in [-0.2, 0) is 20.4 Å². The van der Waals surface area contributed by atoms with Crippen molar-refractivity contribution in [3.8, 4) is 0 Å². The summed E-state index contributed by atoms with van der Waals surface area (Å²) >= 11 is 0. The van der Waals surface area contributed by atoms with Gasteiger partial charge in [-0.1, -0.05) is 12.1 Å². The SMILES string of the molecule is COC(=O)C1CC(c2ccc(C(F)(F)F)cc2)CN(C(=O)OC(C)(C)C)C1. The second kappa shape index (κ2) is 7.78. The Kier molecular flexibility index (Phi) is 6.07. The predicted octanol–water partition coefficient (Wildman–Crippen LogP) is 4.22. The Morgan fingerprint density at radius 1 is 1.07 bits per heavy atom. The summed E-state index contributed by atoms with van der Waals surface area (Å²) in [5, 5.41) is 0. The molecule has 0 radical (unpaired) electrons. The van der Waals surface area contributed by atoms with Crippen LogP contribution in [0.5, 0.6) is 0 Å². The van der Waals surface area contributed by atoms with E-state index in [0.717, 1.165) is 12.1 Å². The zero-order valence-electron chi connectivity index (χ0n) is 15.8. The van der Waals surface area contributed by atoms with Crippen molar-refractivity contribution < 1.29 is 32.2 Å². The molecule has 2 rings (SSSR count). The number of amides is 1. The molecule has 27 heavy (non-hydrogen) atoms. The number of piperidine rings is 1. The fourth-order valence-electron chi connectivity index (χ4n) is 3.10. The summed E-state index contributed by atoms with van der Waals surface area (Å²) in [5.74, 6) is -1.32. The van der Waals surface area contributed by atoms with Crippen molar-refractivity contribution >= 4 is 12.1 Å². The molecule has 1 amide bonds. The highest BCUT2D eigenvalue weighted by Crippen LogP contribution is 2.34. The highest BCUT2D eigenvalue weighted by molar-refractivity contribution is 5.75. The van der Waals surface area contributed by atoms with Gasteiger partial charge in [-0.2, -0.15) is 13.2 Å². The van der Waals surface area contributed by atoms with Gasteiger partial charge in [0.15, 0.2) is 0 Å². The minimum Gasteiger partial charge on any atom is -0.469 e. The molecule has 0 saturated carbocycles. The third kappa shape index (κ3) is 5.61. The number of methoxy groups -OCH3 is 1. The molecule has 1 saturated heterocycles. The number of hydrogen-bond donors (Lipinski definition) is 0. The van der Waals surface area contributed by atoms with E-state index < -0.39 is 35.3 Å². The van der Waals surface area contributed by atoms with Crippen LogP contribution in [0.25, 0.3) is 0 Å². The summed E-state index contributed by atoms with van der Waals surface area (Å²) in [6, 6.07) is 4.80. The van der Waals surface area contributed by atoms with Crippen molar-refractivity contribution in [2.24, 2.45) is 5.92 Å². The van der Waals surface area contributed by atoms with Crippen molar-refractivity contribution in [3.05, 3.63) is 35.4 Å². The molecular weight excluding hydrogens is 363 g/mol. The first-order valence-electron chi connectivity index (χ1n) is 8.63. The maximum Gasteiger partial charge on any atom is 0.416 e. The molecule has 1 aliphatic heterocycles. The standard InChI is InChI=1S/C19H24F3NO4/c1-18(2,3)27-17(25)23-10-13(9-14(11-23)16(24)26-4)12-5-7-15(8-6-12)19(20,21)22/h5-8,13-14H,9-11H2,1-4H3. The average Bonchev–Trinajstić information content (AvgIpc) is 2.58. The number of rotatable bonds is 2. The Morgan fingerprint density at radius 2 is 1.67 bits per heavy atom. The molecule has 0 spiro atoms. The van der Waals surface area contributed by atoms with Gasteiger partial charge in [0, 0.05) is 19.0 Å². The largest absolute Gasteiger partial charge is 0.469 e. The Balaban J connectivity index is 2.24. The maximum absolute atomic E-state index is 12.8. The van der Waals surface area contributed by atoms with Crippen LogP contribution in [0, 0.1) is 5.92 Å². The summed E-state index contributed by atoms with van der Waals surface area (Å²) in [4.78, 5) is 25.9. The highest BCUT2D eigenvalue weighted by atomic mass is 19.4. The van der Waals surface area contributed by atoms with Gasteiger partial charge in [0.1, 0.15) is 5.60 Å². The Bertz CT molecular complexity index is 680. The van der Waals surface area contributed by atoms with Gasteiger partial charge in [0.25, 0.3) is 0 Å². The first-order valence-corrected chi connectivity index (χ1v) is 8.63. The van der Waals surface area contributed by atoms with E-state index in [1.54, 1.807) is 20.8 Å². The lowest BCUT2D eigenvalue weighted by Gasteiger charge is -2.37. The molecule has 2 atom stereocenters. The van der Waals surface area contributed by atoms with Crippen molar-refractivity contribution in [1.82, 2.24) is 4.90 Å². The summed E-state index contributed by atoms with van der Waals surface area (Å²) in [7, 11) is 1.27. The minimum atomic E-state index is -4.41. The number of hydrogen-bond acceptors (Lipinski definition) is 4. The zero-order chi connectivity index (χ0) is 20.4. The molecule has 2 unspecified atom stereocenters. The number of carbonyl (C=O) groups excluding carboxylic acids is 2. The van der Waals surface area contributed by atoms with Gasteiger partial charge in [-0.3, -0.25) is 4.79 Å². The molecule has 1 heterocycles. The summed E-state index contributed by atoms with van der Waals surface area (Å²) in [6.07, 6.45) is -4.59. The number of benzene rings is 1.